The number of carbonyl (C=O) groups excluding carboxylic acids is 2. The number of rotatable bonds is 9. The highest BCUT2D eigenvalue weighted by Gasteiger charge is 2.16. The Morgan fingerprint density at radius 2 is 2.17 bits per heavy atom. The number of ether oxygens (including phenoxy) is 1. The highest BCUT2D eigenvalue weighted by atomic mass is 32.2. The Balaban J connectivity index is 1.62. The molecule has 1 aromatic heterocycles. The molecule has 0 saturated heterocycles. The summed E-state index contributed by atoms with van der Waals surface area (Å²) in [7, 11) is 1.54. The van der Waals surface area contributed by atoms with Crippen LogP contribution >= 0.6 is 11.8 Å². The van der Waals surface area contributed by atoms with E-state index >= 15 is 0 Å². The summed E-state index contributed by atoms with van der Waals surface area (Å²) in [5.41, 5.74) is 0. The summed E-state index contributed by atoms with van der Waals surface area (Å²) in [6.07, 6.45) is 7.37. The van der Waals surface area contributed by atoms with Crippen LogP contribution in [0, 0.1) is 5.92 Å². The standard InChI is InChI=1S/C15H25N5O3S/c1-23-9-8-16-14(22)18-13(21)10-24-15-17-12(19-20-15)7-6-11-4-2-3-5-11/h11H,2-10H2,1H3,(H,17,19,20)(H2,16,18,21,22). The average Bonchev–Trinajstić information content (AvgIpc) is 3.23. The molecule has 0 aromatic carbocycles. The number of urea groups is 1. The number of amides is 3. The topological polar surface area (TPSA) is 109 Å². The van der Waals surface area contributed by atoms with Gasteiger partial charge in [0.1, 0.15) is 5.82 Å². The van der Waals surface area contributed by atoms with Gasteiger partial charge in [0.2, 0.25) is 11.1 Å². The first-order valence-corrected chi connectivity index (χ1v) is 9.26. The summed E-state index contributed by atoms with van der Waals surface area (Å²) < 4.78 is 4.81. The van der Waals surface area contributed by atoms with Crippen LogP contribution < -0.4 is 10.6 Å². The number of aromatic nitrogens is 3. The summed E-state index contributed by atoms with van der Waals surface area (Å²) in [5.74, 6) is 1.39. The number of aryl methyl sites for hydroxylation is 1. The minimum absolute atomic E-state index is 0.0949. The van der Waals surface area contributed by atoms with E-state index in [1.54, 1.807) is 7.11 Å². The molecule has 0 bridgehead atoms. The van der Waals surface area contributed by atoms with Gasteiger partial charge in [-0.15, -0.1) is 5.10 Å². The number of nitrogens with zero attached hydrogens (tertiary/aromatic N) is 2. The first-order chi connectivity index (χ1) is 11.7. The van der Waals surface area contributed by atoms with Crippen LogP contribution in [0.4, 0.5) is 4.79 Å². The van der Waals surface area contributed by atoms with Gasteiger partial charge in [0.15, 0.2) is 0 Å². The molecule has 0 radical (unpaired) electrons. The number of aromatic amines is 1. The lowest BCUT2D eigenvalue weighted by Gasteiger charge is -2.05. The minimum Gasteiger partial charge on any atom is -0.383 e. The predicted octanol–water partition coefficient (Wildman–Crippen LogP) is 1.49. The lowest BCUT2D eigenvalue weighted by molar-refractivity contribution is -0.117. The first kappa shape index (κ1) is 18.7. The number of carbonyl (C=O) groups is 2. The predicted molar refractivity (Wildman–Crippen MR) is 90.8 cm³/mol. The van der Waals surface area contributed by atoms with Gasteiger partial charge in [0, 0.05) is 20.1 Å². The van der Waals surface area contributed by atoms with Gasteiger partial charge in [-0.25, -0.2) is 9.78 Å². The molecule has 0 atom stereocenters. The number of H-pyrrole nitrogens is 1. The normalized spacial score (nSPS) is 14.7. The molecule has 3 N–H and O–H groups in total. The molecule has 3 amide bonds. The van der Waals surface area contributed by atoms with Gasteiger partial charge in [-0.3, -0.25) is 15.2 Å². The van der Waals surface area contributed by atoms with E-state index in [4.69, 9.17) is 4.74 Å². The minimum atomic E-state index is -0.523. The SMILES string of the molecule is COCCNC(=O)NC(=O)CSc1n[nH]c(CCC2CCCC2)n1. The lowest BCUT2D eigenvalue weighted by Crippen LogP contribution is -2.41. The van der Waals surface area contributed by atoms with Crippen LogP contribution in [0.25, 0.3) is 0 Å². The monoisotopic (exact) mass is 355 g/mol. The van der Waals surface area contributed by atoms with Crippen molar-refractivity contribution in [1.82, 2.24) is 25.8 Å². The van der Waals surface area contributed by atoms with E-state index in [0.717, 1.165) is 24.6 Å². The second-order valence-corrected chi connectivity index (χ2v) is 6.78. The Kier molecular flexibility index (Phi) is 8.03. The Morgan fingerprint density at radius 3 is 2.92 bits per heavy atom. The maximum atomic E-state index is 11.7. The smallest absolute Gasteiger partial charge is 0.321 e. The van der Waals surface area contributed by atoms with E-state index in [9.17, 15) is 9.59 Å². The fourth-order valence-electron chi connectivity index (χ4n) is 2.70. The molecule has 1 heterocycles. The summed E-state index contributed by atoms with van der Waals surface area (Å²) in [5, 5.41) is 12.3. The zero-order valence-electron chi connectivity index (χ0n) is 14.0. The van der Waals surface area contributed by atoms with Crippen molar-refractivity contribution in [2.45, 2.75) is 43.7 Å². The fraction of sp³-hybridized carbons (Fsp3) is 0.733. The van der Waals surface area contributed by atoms with Crippen molar-refractivity contribution >= 4 is 23.7 Å². The zero-order valence-corrected chi connectivity index (χ0v) is 14.8. The van der Waals surface area contributed by atoms with E-state index < -0.39 is 6.03 Å². The van der Waals surface area contributed by atoms with Crippen LogP contribution in [0.2, 0.25) is 0 Å². The largest absolute Gasteiger partial charge is 0.383 e. The van der Waals surface area contributed by atoms with Gasteiger partial charge in [0.25, 0.3) is 0 Å². The number of hydrogen-bond donors (Lipinski definition) is 3. The summed E-state index contributed by atoms with van der Waals surface area (Å²) in [6.45, 7) is 0.755. The lowest BCUT2D eigenvalue weighted by atomic mass is 10.0. The van der Waals surface area contributed by atoms with Crippen molar-refractivity contribution in [2.24, 2.45) is 5.92 Å². The van der Waals surface area contributed by atoms with E-state index in [2.05, 4.69) is 25.8 Å². The highest BCUT2D eigenvalue weighted by molar-refractivity contribution is 7.99. The molecule has 8 nitrogen and oxygen atoms in total. The molecule has 1 saturated carbocycles. The van der Waals surface area contributed by atoms with Crippen molar-refractivity contribution in [3.05, 3.63) is 5.82 Å². The maximum Gasteiger partial charge on any atom is 0.321 e. The molecule has 1 aliphatic rings. The molecule has 1 aliphatic carbocycles. The number of nitrogens with one attached hydrogen (secondary N) is 3. The third-order valence-electron chi connectivity index (χ3n) is 3.95. The van der Waals surface area contributed by atoms with Gasteiger partial charge in [-0.2, -0.15) is 0 Å². The molecule has 0 spiro atoms. The van der Waals surface area contributed by atoms with Crippen LogP contribution in [0.1, 0.15) is 37.9 Å². The molecule has 9 heteroatoms. The van der Waals surface area contributed by atoms with E-state index in [1.165, 1.54) is 37.4 Å². The van der Waals surface area contributed by atoms with Gasteiger partial charge >= 0.3 is 6.03 Å². The second kappa shape index (κ2) is 10.3. The van der Waals surface area contributed by atoms with E-state index in [-0.39, 0.29) is 11.7 Å². The van der Waals surface area contributed by atoms with Crippen LogP contribution in [-0.4, -0.2) is 53.1 Å². The second-order valence-electron chi connectivity index (χ2n) is 5.84. The molecule has 1 fully saturated rings. The van der Waals surface area contributed by atoms with Gasteiger partial charge < -0.3 is 10.1 Å². The third kappa shape index (κ3) is 6.88. The van der Waals surface area contributed by atoms with Crippen LogP contribution in [-0.2, 0) is 16.0 Å². The molecule has 2 rings (SSSR count). The Morgan fingerprint density at radius 1 is 1.38 bits per heavy atom. The van der Waals surface area contributed by atoms with Gasteiger partial charge in [-0.1, -0.05) is 37.4 Å². The number of thioether (sulfide) groups is 1. The molecular weight excluding hydrogens is 330 g/mol. The van der Waals surface area contributed by atoms with Crippen molar-refractivity contribution < 1.29 is 14.3 Å². The molecule has 1 aromatic rings. The van der Waals surface area contributed by atoms with Crippen LogP contribution in [0.3, 0.4) is 0 Å². The first-order valence-electron chi connectivity index (χ1n) is 8.28. The van der Waals surface area contributed by atoms with E-state index in [0.29, 0.717) is 18.3 Å². The third-order valence-corrected chi connectivity index (χ3v) is 4.80. The molecule has 134 valence electrons. The Hall–Kier alpha value is -1.61. The summed E-state index contributed by atoms with van der Waals surface area (Å²) in [6, 6.07) is -0.523. The Labute approximate surface area is 145 Å². The number of methoxy groups -OCH3 is 1. The average molecular weight is 355 g/mol. The molecule has 0 unspecified atom stereocenters. The summed E-state index contributed by atoms with van der Waals surface area (Å²) >= 11 is 1.21. The van der Waals surface area contributed by atoms with Crippen molar-refractivity contribution in [2.75, 3.05) is 26.0 Å². The zero-order chi connectivity index (χ0) is 17.2. The molecule has 0 aliphatic heterocycles. The van der Waals surface area contributed by atoms with Gasteiger partial charge in [-0.05, 0) is 12.3 Å². The van der Waals surface area contributed by atoms with Crippen molar-refractivity contribution in [3.63, 3.8) is 0 Å². The van der Waals surface area contributed by atoms with Crippen LogP contribution in [0.15, 0.2) is 5.16 Å². The van der Waals surface area contributed by atoms with Crippen molar-refractivity contribution in [1.29, 1.82) is 0 Å². The Bertz CT molecular complexity index is 531. The van der Waals surface area contributed by atoms with Crippen molar-refractivity contribution in [3.8, 4) is 0 Å². The van der Waals surface area contributed by atoms with E-state index in [1.807, 2.05) is 0 Å². The number of hydrogen-bond acceptors (Lipinski definition) is 6. The van der Waals surface area contributed by atoms with Gasteiger partial charge in [0.05, 0.1) is 12.4 Å². The quantitative estimate of drug-likeness (QED) is 0.457. The maximum absolute atomic E-state index is 11.7. The fourth-order valence-corrected chi connectivity index (χ4v) is 3.31. The molecule has 24 heavy (non-hydrogen) atoms. The van der Waals surface area contributed by atoms with Crippen LogP contribution in [0.5, 0.6) is 0 Å². The summed E-state index contributed by atoms with van der Waals surface area (Å²) in [4.78, 5) is 27.5. The number of imide groups is 1. The molecular formula is C15H25N5O3S. The highest BCUT2D eigenvalue weighted by Crippen LogP contribution is 2.28.